The van der Waals surface area contributed by atoms with E-state index in [0.717, 1.165) is 31.8 Å². The van der Waals surface area contributed by atoms with Crippen molar-refractivity contribution in [2.24, 2.45) is 0 Å². The zero-order chi connectivity index (χ0) is 18.7. The SMILES string of the molecule is Cc1cccc(CN2CCN(C(=O)c3ccc(C(F)(F)F)cc3)CC2)c1. The van der Waals surface area contributed by atoms with Crippen molar-refractivity contribution in [3.63, 3.8) is 0 Å². The molecule has 0 spiro atoms. The fourth-order valence-electron chi connectivity index (χ4n) is 3.16. The van der Waals surface area contributed by atoms with Gasteiger partial charge in [0.1, 0.15) is 0 Å². The maximum absolute atomic E-state index is 12.6. The van der Waals surface area contributed by atoms with Crippen LogP contribution >= 0.6 is 0 Å². The molecule has 0 saturated carbocycles. The lowest BCUT2D eigenvalue weighted by atomic mass is 10.1. The second-order valence-corrected chi connectivity index (χ2v) is 6.63. The first kappa shape index (κ1) is 18.5. The monoisotopic (exact) mass is 362 g/mol. The topological polar surface area (TPSA) is 23.6 Å². The minimum Gasteiger partial charge on any atom is -0.336 e. The molecular weight excluding hydrogens is 341 g/mol. The van der Waals surface area contributed by atoms with Gasteiger partial charge in [-0.25, -0.2) is 0 Å². The van der Waals surface area contributed by atoms with Crippen LogP contribution in [0, 0.1) is 6.92 Å². The number of benzene rings is 2. The van der Waals surface area contributed by atoms with Gasteiger partial charge in [0.25, 0.3) is 5.91 Å². The fraction of sp³-hybridized carbons (Fsp3) is 0.350. The number of nitrogens with zero attached hydrogens (tertiary/aromatic N) is 2. The maximum Gasteiger partial charge on any atom is 0.416 e. The zero-order valence-electron chi connectivity index (χ0n) is 14.6. The maximum atomic E-state index is 12.6. The van der Waals surface area contributed by atoms with Crippen molar-refractivity contribution in [2.75, 3.05) is 26.2 Å². The zero-order valence-corrected chi connectivity index (χ0v) is 14.6. The van der Waals surface area contributed by atoms with Crippen LogP contribution in [0.4, 0.5) is 13.2 Å². The highest BCUT2D eigenvalue weighted by Crippen LogP contribution is 2.29. The van der Waals surface area contributed by atoms with Crippen LogP contribution in [0.5, 0.6) is 0 Å². The van der Waals surface area contributed by atoms with E-state index in [2.05, 4.69) is 30.0 Å². The summed E-state index contributed by atoms with van der Waals surface area (Å²) in [6.07, 6.45) is -4.39. The molecule has 1 heterocycles. The Labute approximate surface area is 151 Å². The van der Waals surface area contributed by atoms with Gasteiger partial charge >= 0.3 is 6.18 Å². The van der Waals surface area contributed by atoms with Gasteiger partial charge in [-0.3, -0.25) is 9.69 Å². The molecule has 1 saturated heterocycles. The number of hydrogen-bond acceptors (Lipinski definition) is 2. The van der Waals surface area contributed by atoms with E-state index < -0.39 is 11.7 Å². The normalized spacial score (nSPS) is 15.9. The van der Waals surface area contributed by atoms with Crippen molar-refractivity contribution in [3.8, 4) is 0 Å². The van der Waals surface area contributed by atoms with Gasteiger partial charge in [-0.15, -0.1) is 0 Å². The first-order valence-electron chi connectivity index (χ1n) is 8.57. The number of carbonyl (C=O) groups is 1. The Morgan fingerprint density at radius 1 is 1.00 bits per heavy atom. The fourth-order valence-corrected chi connectivity index (χ4v) is 3.16. The first-order valence-corrected chi connectivity index (χ1v) is 8.57. The first-order chi connectivity index (χ1) is 12.3. The van der Waals surface area contributed by atoms with Gasteiger partial charge in [-0.05, 0) is 36.8 Å². The average Bonchev–Trinajstić information content (AvgIpc) is 2.61. The van der Waals surface area contributed by atoms with E-state index in [1.54, 1.807) is 4.90 Å². The minimum atomic E-state index is -4.39. The highest BCUT2D eigenvalue weighted by atomic mass is 19.4. The molecule has 26 heavy (non-hydrogen) atoms. The quantitative estimate of drug-likeness (QED) is 0.825. The van der Waals surface area contributed by atoms with Crippen LogP contribution < -0.4 is 0 Å². The summed E-state index contributed by atoms with van der Waals surface area (Å²) in [6, 6.07) is 12.8. The third-order valence-electron chi connectivity index (χ3n) is 4.61. The van der Waals surface area contributed by atoms with Crippen LogP contribution in [0.15, 0.2) is 48.5 Å². The average molecular weight is 362 g/mol. The molecule has 0 bridgehead atoms. The molecule has 2 aromatic carbocycles. The van der Waals surface area contributed by atoms with E-state index in [0.29, 0.717) is 18.7 Å². The minimum absolute atomic E-state index is 0.214. The van der Waals surface area contributed by atoms with E-state index in [1.165, 1.54) is 23.3 Å². The van der Waals surface area contributed by atoms with E-state index >= 15 is 0 Å². The van der Waals surface area contributed by atoms with Gasteiger partial charge in [-0.1, -0.05) is 29.8 Å². The van der Waals surface area contributed by atoms with Crippen molar-refractivity contribution in [1.29, 1.82) is 0 Å². The molecule has 0 unspecified atom stereocenters. The number of piperazine rings is 1. The second-order valence-electron chi connectivity index (χ2n) is 6.63. The summed E-state index contributed by atoms with van der Waals surface area (Å²) in [5, 5.41) is 0. The summed E-state index contributed by atoms with van der Waals surface area (Å²) < 4.78 is 37.9. The number of aryl methyl sites for hydroxylation is 1. The lowest BCUT2D eigenvalue weighted by molar-refractivity contribution is -0.137. The highest BCUT2D eigenvalue weighted by Gasteiger charge is 2.30. The van der Waals surface area contributed by atoms with Gasteiger partial charge in [-0.2, -0.15) is 13.2 Å². The predicted octanol–water partition coefficient (Wildman–Crippen LogP) is 3.97. The van der Waals surface area contributed by atoms with Gasteiger partial charge in [0, 0.05) is 38.3 Å². The van der Waals surface area contributed by atoms with Crippen LogP contribution in [0.2, 0.25) is 0 Å². The second kappa shape index (κ2) is 7.50. The Bertz CT molecular complexity index is 763. The molecule has 0 aromatic heterocycles. The highest BCUT2D eigenvalue weighted by molar-refractivity contribution is 5.94. The van der Waals surface area contributed by atoms with Crippen molar-refractivity contribution in [3.05, 3.63) is 70.8 Å². The predicted molar refractivity (Wildman–Crippen MR) is 93.8 cm³/mol. The largest absolute Gasteiger partial charge is 0.416 e. The summed E-state index contributed by atoms with van der Waals surface area (Å²) in [6.45, 7) is 5.55. The van der Waals surface area contributed by atoms with Crippen molar-refractivity contribution in [1.82, 2.24) is 9.80 Å². The third kappa shape index (κ3) is 4.43. The van der Waals surface area contributed by atoms with Crippen molar-refractivity contribution >= 4 is 5.91 Å². The van der Waals surface area contributed by atoms with E-state index in [9.17, 15) is 18.0 Å². The Balaban J connectivity index is 1.56. The molecule has 0 radical (unpaired) electrons. The lowest BCUT2D eigenvalue weighted by Crippen LogP contribution is -2.48. The molecule has 1 amide bonds. The van der Waals surface area contributed by atoms with Crippen molar-refractivity contribution < 1.29 is 18.0 Å². The molecule has 1 aliphatic rings. The molecule has 0 aliphatic carbocycles. The molecule has 3 nitrogen and oxygen atoms in total. The van der Waals surface area contributed by atoms with Crippen LogP contribution in [-0.2, 0) is 12.7 Å². The molecule has 1 aliphatic heterocycles. The van der Waals surface area contributed by atoms with E-state index in [-0.39, 0.29) is 5.91 Å². The molecule has 0 atom stereocenters. The summed E-state index contributed by atoms with van der Waals surface area (Å²) in [5.74, 6) is -0.214. The number of amides is 1. The lowest BCUT2D eigenvalue weighted by Gasteiger charge is -2.34. The van der Waals surface area contributed by atoms with Gasteiger partial charge < -0.3 is 4.90 Å². The molecule has 1 fully saturated rings. The third-order valence-corrected chi connectivity index (χ3v) is 4.61. The van der Waals surface area contributed by atoms with Crippen LogP contribution in [-0.4, -0.2) is 41.9 Å². The summed E-state index contributed by atoms with van der Waals surface area (Å²) in [5.41, 5.74) is 2.02. The summed E-state index contributed by atoms with van der Waals surface area (Å²) in [7, 11) is 0. The van der Waals surface area contributed by atoms with Gasteiger partial charge in [0.2, 0.25) is 0 Å². The summed E-state index contributed by atoms with van der Waals surface area (Å²) in [4.78, 5) is 16.5. The Morgan fingerprint density at radius 3 is 2.23 bits per heavy atom. The number of carbonyl (C=O) groups excluding carboxylic acids is 1. The van der Waals surface area contributed by atoms with E-state index in [1.807, 2.05) is 6.07 Å². The Kier molecular flexibility index (Phi) is 5.32. The molecular formula is C20H21F3N2O. The molecule has 0 N–H and O–H groups in total. The smallest absolute Gasteiger partial charge is 0.336 e. The number of alkyl halides is 3. The molecule has 3 rings (SSSR count). The van der Waals surface area contributed by atoms with Gasteiger partial charge in [0.05, 0.1) is 5.56 Å². The molecule has 138 valence electrons. The Hall–Kier alpha value is -2.34. The standard InChI is InChI=1S/C20H21F3N2O/c1-15-3-2-4-16(13-15)14-24-9-11-25(12-10-24)19(26)17-5-7-18(8-6-17)20(21,22)23/h2-8,13H,9-12,14H2,1H3. The number of rotatable bonds is 3. The van der Waals surface area contributed by atoms with Crippen LogP contribution in [0.25, 0.3) is 0 Å². The van der Waals surface area contributed by atoms with Gasteiger partial charge in [0.15, 0.2) is 0 Å². The molecule has 6 heteroatoms. The van der Waals surface area contributed by atoms with E-state index in [4.69, 9.17) is 0 Å². The van der Waals surface area contributed by atoms with Crippen LogP contribution in [0.1, 0.15) is 27.0 Å². The Morgan fingerprint density at radius 2 is 1.65 bits per heavy atom. The van der Waals surface area contributed by atoms with Crippen molar-refractivity contribution in [2.45, 2.75) is 19.6 Å². The number of halogens is 3. The summed E-state index contributed by atoms with van der Waals surface area (Å²) >= 11 is 0. The number of hydrogen-bond donors (Lipinski definition) is 0. The van der Waals surface area contributed by atoms with Crippen LogP contribution in [0.3, 0.4) is 0 Å². The molecule has 2 aromatic rings.